The summed E-state index contributed by atoms with van der Waals surface area (Å²) in [6.45, 7) is 12.0. The zero-order chi connectivity index (χ0) is 22.6. The van der Waals surface area contributed by atoms with Gasteiger partial charge in [0.15, 0.2) is 0 Å². The molecule has 30 heavy (non-hydrogen) atoms. The summed E-state index contributed by atoms with van der Waals surface area (Å²) in [5.41, 5.74) is 0.724. The highest BCUT2D eigenvalue weighted by Crippen LogP contribution is 2.34. The number of nitrogens with one attached hydrogen (secondary N) is 1. The molecule has 0 bridgehead atoms. The van der Waals surface area contributed by atoms with Crippen LogP contribution in [-0.2, 0) is 11.2 Å². The molecule has 0 fully saturated rings. The van der Waals surface area contributed by atoms with Crippen molar-refractivity contribution >= 4 is 23.0 Å². The molecule has 0 aliphatic rings. The van der Waals surface area contributed by atoms with Crippen LogP contribution in [0, 0.1) is 16.7 Å². The molecule has 0 aromatic heterocycles. The van der Waals surface area contributed by atoms with E-state index in [1.165, 1.54) is 4.90 Å². The van der Waals surface area contributed by atoms with Crippen LogP contribution in [0.4, 0.5) is 17.1 Å². The molecule has 1 atom stereocenters. The third-order valence-corrected chi connectivity index (χ3v) is 5.59. The van der Waals surface area contributed by atoms with E-state index in [0.29, 0.717) is 24.1 Å². The molecule has 0 spiro atoms. The SMILES string of the molecule is CCCCC(=O)N(c1ccc(C#N)cc1CC)c1c(N[C@H](C)C(C)(C)C)c(=O)c1=O. The Morgan fingerprint density at radius 3 is 2.40 bits per heavy atom. The first-order valence-corrected chi connectivity index (χ1v) is 10.5. The maximum Gasteiger partial charge on any atom is 0.254 e. The summed E-state index contributed by atoms with van der Waals surface area (Å²) in [5, 5.41) is 12.4. The Bertz CT molecular complexity index is 1030. The predicted molar refractivity (Wildman–Crippen MR) is 121 cm³/mol. The number of aryl methyl sites for hydroxylation is 1. The van der Waals surface area contributed by atoms with Crippen molar-refractivity contribution < 1.29 is 4.79 Å². The standard InChI is InChI=1S/C24H31N3O3/c1-7-9-10-19(28)27(18-12-11-16(14-25)13-17(18)8-2)21-20(22(29)23(21)30)26-15(3)24(4,5)6/h11-13,15,26H,7-10H2,1-6H3/t15-/m1/s1. The molecule has 1 N–H and O–H groups in total. The number of hydrogen-bond donors (Lipinski definition) is 1. The van der Waals surface area contributed by atoms with E-state index in [2.05, 4.69) is 11.4 Å². The van der Waals surface area contributed by atoms with Crippen LogP contribution < -0.4 is 21.1 Å². The van der Waals surface area contributed by atoms with E-state index in [-0.39, 0.29) is 35.2 Å². The summed E-state index contributed by atoms with van der Waals surface area (Å²) in [7, 11) is 0. The number of carbonyl (C=O) groups is 1. The van der Waals surface area contributed by atoms with Gasteiger partial charge in [-0.05, 0) is 48.9 Å². The van der Waals surface area contributed by atoms with Crippen molar-refractivity contribution in [3.63, 3.8) is 0 Å². The molecule has 6 nitrogen and oxygen atoms in total. The van der Waals surface area contributed by atoms with Crippen LogP contribution in [0.3, 0.4) is 0 Å². The Balaban J connectivity index is 2.63. The minimum atomic E-state index is -0.658. The fourth-order valence-electron chi connectivity index (χ4n) is 3.14. The van der Waals surface area contributed by atoms with Crippen molar-refractivity contribution in [2.75, 3.05) is 10.2 Å². The second-order valence-corrected chi connectivity index (χ2v) is 8.76. The van der Waals surface area contributed by atoms with Gasteiger partial charge in [0.1, 0.15) is 11.4 Å². The number of amides is 1. The lowest BCUT2D eigenvalue weighted by Crippen LogP contribution is -2.46. The van der Waals surface area contributed by atoms with E-state index in [0.717, 1.165) is 12.0 Å². The Morgan fingerprint density at radius 1 is 1.20 bits per heavy atom. The van der Waals surface area contributed by atoms with Crippen LogP contribution in [-0.4, -0.2) is 11.9 Å². The first kappa shape index (κ1) is 23.3. The highest BCUT2D eigenvalue weighted by atomic mass is 16.2. The average molecular weight is 410 g/mol. The monoisotopic (exact) mass is 409 g/mol. The highest BCUT2D eigenvalue weighted by Gasteiger charge is 2.33. The molecule has 0 aliphatic heterocycles. The number of anilines is 3. The number of unbranched alkanes of at least 4 members (excludes halogenated alkanes) is 1. The van der Waals surface area contributed by atoms with Crippen molar-refractivity contribution in [2.24, 2.45) is 5.41 Å². The van der Waals surface area contributed by atoms with Gasteiger partial charge in [0.2, 0.25) is 5.91 Å². The van der Waals surface area contributed by atoms with Crippen LogP contribution in [0.5, 0.6) is 0 Å². The number of nitriles is 1. The lowest BCUT2D eigenvalue weighted by molar-refractivity contribution is -0.118. The van der Waals surface area contributed by atoms with Gasteiger partial charge in [0.05, 0.1) is 17.3 Å². The van der Waals surface area contributed by atoms with Gasteiger partial charge in [-0.1, -0.05) is 41.0 Å². The molecule has 2 aromatic carbocycles. The molecule has 160 valence electrons. The van der Waals surface area contributed by atoms with Gasteiger partial charge in [0.25, 0.3) is 10.9 Å². The Labute approximate surface area is 178 Å². The molecule has 0 heterocycles. The molecule has 0 aliphatic carbocycles. The first-order chi connectivity index (χ1) is 14.1. The lowest BCUT2D eigenvalue weighted by Gasteiger charge is -2.33. The zero-order valence-electron chi connectivity index (χ0n) is 18.8. The number of nitrogens with zero attached hydrogens (tertiary/aromatic N) is 2. The molecule has 0 radical (unpaired) electrons. The Kier molecular flexibility index (Phi) is 7.20. The largest absolute Gasteiger partial charge is 0.377 e. The van der Waals surface area contributed by atoms with Gasteiger partial charge in [-0.2, -0.15) is 5.26 Å². The quantitative estimate of drug-likeness (QED) is 0.652. The third-order valence-electron chi connectivity index (χ3n) is 5.59. The molecule has 2 aromatic rings. The fourth-order valence-corrected chi connectivity index (χ4v) is 3.14. The summed E-state index contributed by atoms with van der Waals surface area (Å²) in [6, 6.07) is 7.07. The summed E-state index contributed by atoms with van der Waals surface area (Å²) < 4.78 is 0. The minimum absolute atomic E-state index is 0.0845. The highest BCUT2D eigenvalue weighted by molar-refractivity contribution is 6.05. The van der Waals surface area contributed by atoms with E-state index in [1.807, 2.05) is 41.5 Å². The van der Waals surface area contributed by atoms with E-state index >= 15 is 0 Å². The summed E-state index contributed by atoms with van der Waals surface area (Å²) in [4.78, 5) is 39.6. The molecule has 6 heteroatoms. The minimum Gasteiger partial charge on any atom is -0.377 e. The van der Waals surface area contributed by atoms with Crippen molar-refractivity contribution in [1.29, 1.82) is 5.26 Å². The summed E-state index contributed by atoms with van der Waals surface area (Å²) >= 11 is 0. The number of benzene rings is 1. The molecule has 0 unspecified atom stereocenters. The number of hydrogen-bond acceptors (Lipinski definition) is 5. The molecule has 0 saturated carbocycles. The van der Waals surface area contributed by atoms with Crippen LogP contribution in [0.2, 0.25) is 0 Å². The van der Waals surface area contributed by atoms with Gasteiger partial charge < -0.3 is 5.32 Å². The summed E-state index contributed by atoms with van der Waals surface area (Å²) in [5.74, 6) is -0.227. The third kappa shape index (κ3) is 4.62. The smallest absolute Gasteiger partial charge is 0.254 e. The molecular formula is C24H31N3O3. The molecular weight excluding hydrogens is 378 g/mol. The lowest BCUT2D eigenvalue weighted by atomic mass is 9.87. The number of carbonyl (C=O) groups excluding carboxylic acids is 1. The Morgan fingerprint density at radius 2 is 1.87 bits per heavy atom. The van der Waals surface area contributed by atoms with E-state index in [1.54, 1.807) is 18.2 Å². The second-order valence-electron chi connectivity index (χ2n) is 8.76. The fraction of sp³-hybridized carbons (Fsp3) is 0.500. The van der Waals surface area contributed by atoms with Crippen molar-refractivity contribution in [3.05, 3.63) is 49.8 Å². The second kappa shape index (κ2) is 9.25. The van der Waals surface area contributed by atoms with Gasteiger partial charge in [-0.25, -0.2) is 0 Å². The maximum absolute atomic E-state index is 13.2. The van der Waals surface area contributed by atoms with Gasteiger partial charge in [-0.3, -0.25) is 19.3 Å². The van der Waals surface area contributed by atoms with Crippen LogP contribution in [0.25, 0.3) is 0 Å². The van der Waals surface area contributed by atoms with E-state index in [4.69, 9.17) is 0 Å². The average Bonchev–Trinajstić information content (AvgIpc) is 2.72. The van der Waals surface area contributed by atoms with Crippen LogP contribution in [0.1, 0.15) is 71.9 Å². The molecule has 1 amide bonds. The van der Waals surface area contributed by atoms with E-state index < -0.39 is 10.9 Å². The van der Waals surface area contributed by atoms with Gasteiger partial charge in [0, 0.05) is 12.5 Å². The first-order valence-electron chi connectivity index (χ1n) is 10.5. The van der Waals surface area contributed by atoms with Gasteiger partial charge in [-0.15, -0.1) is 0 Å². The maximum atomic E-state index is 13.2. The van der Waals surface area contributed by atoms with Crippen molar-refractivity contribution in [3.8, 4) is 6.07 Å². The molecule has 2 rings (SSSR count). The topological polar surface area (TPSA) is 90.3 Å². The summed E-state index contributed by atoms with van der Waals surface area (Å²) in [6.07, 6.45) is 2.38. The van der Waals surface area contributed by atoms with Gasteiger partial charge >= 0.3 is 0 Å². The van der Waals surface area contributed by atoms with Crippen LogP contribution >= 0.6 is 0 Å². The number of rotatable bonds is 8. The zero-order valence-corrected chi connectivity index (χ0v) is 18.8. The van der Waals surface area contributed by atoms with E-state index in [9.17, 15) is 19.6 Å². The normalized spacial score (nSPS) is 12.4. The van der Waals surface area contributed by atoms with Crippen LogP contribution in [0.15, 0.2) is 27.8 Å². The van der Waals surface area contributed by atoms with Crippen molar-refractivity contribution in [2.45, 2.75) is 73.3 Å². The predicted octanol–water partition coefficient (Wildman–Crippen LogP) is 4.42. The Hall–Kier alpha value is -2.94. The van der Waals surface area contributed by atoms with Crippen molar-refractivity contribution in [1.82, 2.24) is 0 Å². The molecule has 0 saturated heterocycles.